The highest BCUT2D eigenvalue weighted by atomic mass is 16.5. The summed E-state index contributed by atoms with van der Waals surface area (Å²) in [7, 11) is 1.83. The standard InChI is InChI=1S/C27H30N2O4/c1-3-14-29-15-13-26-22-18-9-10-20(30)23(22)33-24(26)19(11-12-27(26,32)21(29)16-18)28(2)25(31)17-7-5-4-6-8-17/h3-10,19,21,24,30,32H,1,11-16H2,2H3/t19-,21-,24+,26+,27-/m1/s1. The SMILES string of the molecule is C=CCN1CC[C@]23c4c5ccc(O)c4O[C@H]2[C@H](N(C)C(=O)c2ccccc2)CC[C@@]3(O)[C@H]1C5. The molecule has 33 heavy (non-hydrogen) atoms. The third-order valence-electron chi connectivity index (χ3n) is 8.74. The number of piperidine rings is 1. The fourth-order valence-electron chi connectivity index (χ4n) is 7.32. The molecule has 2 fully saturated rings. The quantitative estimate of drug-likeness (QED) is 0.707. The van der Waals surface area contributed by atoms with Crippen LogP contribution in [0.25, 0.3) is 0 Å². The van der Waals surface area contributed by atoms with Crippen molar-refractivity contribution < 1.29 is 19.7 Å². The van der Waals surface area contributed by atoms with Gasteiger partial charge >= 0.3 is 0 Å². The van der Waals surface area contributed by atoms with Gasteiger partial charge in [0.05, 0.1) is 17.1 Å². The Balaban J connectivity index is 1.47. The maximum Gasteiger partial charge on any atom is 0.253 e. The number of likely N-dealkylation sites (tertiary alicyclic amines) is 1. The molecule has 0 aromatic heterocycles. The van der Waals surface area contributed by atoms with Crippen LogP contribution in [0.15, 0.2) is 55.1 Å². The smallest absolute Gasteiger partial charge is 0.253 e. The Labute approximate surface area is 194 Å². The molecule has 2 aliphatic carbocycles. The molecule has 4 aliphatic rings. The lowest BCUT2D eigenvalue weighted by Gasteiger charge is -2.64. The number of ether oxygens (including phenoxy) is 1. The fraction of sp³-hybridized carbons (Fsp3) is 0.444. The second-order valence-corrected chi connectivity index (χ2v) is 10.0. The van der Waals surface area contributed by atoms with Gasteiger partial charge in [0.25, 0.3) is 5.91 Å². The summed E-state index contributed by atoms with van der Waals surface area (Å²) in [4.78, 5) is 17.5. The fourth-order valence-corrected chi connectivity index (χ4v) is 7.32. The molecule has 1 saturated heterocycles. The molecule has 2 aliphatic heterocycles. The van der Waals surface area contributed by atoms with Crippen molar-refractivity contribution >= 4 is 5.91 Å². The maximum absolute atomic E-state index is 13.4. The zero-order valence-electron chi connectivity index (χ0n) is 18.9. The van der Waals surface area contributed by atoms with Crippen LogP contribution < -0.4 is 4.74 Å². The number of rotatable bonds is 4. The summed E-state index contributed by atoms with van der Waals surface area (Å²) in [6, 6.07) is 12.7. The van der Waals surface area contributed by atoms with E-state index >= 15 is 0 Å². The van der Waals surface area contributed by atoms with Gasteiger partial charge in [-0.15, -0.1) is 6.58 Å². The molecule has 6 rings (SSSR count). The predicted octanol–water partition coefficient (Wildman–Crippen LogP) is 2.87. The Kier molecular flexibility index (Phi) is 4.45. The zero-order valence-corrected chi connectivity index (χ0v) is 18.9. The highest BCUT2D eigenvalue weighted by Crippen LogP contribution is 2.65. The first-order valence-electron chi connectivity index (χ1n) is 11.8. The molecule has 2 aromatic carbocycles. The van der Waals surface area contributed by atoms with Crippen molar-refractivity contribution in [3.05, 3.63) is 71.8 Å². The summed E-state index contributed by atoms with van der Waals surface area (Å²) in [6.07, 6.45) is 4.14. The van der Waals surface area contributed by atoms with Crippen LogP contribution >= 0.6 is 0 Å². The average molecular weight is 447 g/mol. The molecule has 0 unspecified atom stereocenters. The van der Waals surface area contributed by atoms with E-state index in [2.05, 4.69) is 11.5 Å². The lowest BCUT2D eigenvalue weighted by Crippen LogP contribution is -2.78. The number of carbonyl (C=O) groups excluding carboxylic acids is 1. The summed E-state index contributed by atoms with van der Waals surface area (Å²) >= 11 is 0. The zero-order chi connectivity index (χ0) is 23.0. The van der Waals surface area contributed by atoms with Gasteiger partial charge in [0, 0.05) is 30.8 Å². The van der Waals surface area contributed by atoms with E-state index in [-0.39, 0.29) is 23.7 Å². The molecular weight excluding hydrogens is 416 g/mol. The van der Waals surface area contributed by atoms with E-state index in [1.807, 2.05) is 49.5 Å². The predicted molar refractivity (Wildman–Crippen MR) is 125 cm³/mol. The van der Waals surface area contributed by atoms with Gasteiger partial charge in [0.2, 0.25) is 0 Å². The number of likely N-dealkylation sites (N-methyl/N-ethyl adjacent to an activating group) is 1. The molecule has 172 valence electrons. The van der Waals surface area contributed by atoms with Crippen LogP contribution in [-0.2, 0) is 11.8 Å². The summed E-state index contributed by atoms with van der Waals surface area (Å²) in [5.74, 6) is 0.560. The number of hydrogen-bond acceptors (Lipinski definition) is 5. The molecule has 2 bridgehead atoms. The number of phenolic OH excluding ortho intramolecular Hbond substituents is 1. The van der Waals surface area contributed by atoms with Crippen LogP contribution in [0.3, 0.4) is 0 Å². The molecule has 2 aromatic rings. The molecule has 1 amide bonds. The Morgan fingerprint density at radius 2 is 2.06 bits per heavy atom. The first-order valence-corrected chi connectivity index (χ1v) is 11.8. The monoisotopic (exact) mass is 446 g/mol. The number of carbonyl (C=O) groups is 1. The third kappa shape index (κ3) is 2.53. The Hall–Kier alpha value is -2.83. The van der Waals surface area contributed by atoms with Crippen molar-refractivity contribution in [1.82, 2.24) is 9.80 Å². The lowest BCUT2D eigenvalue weighted by molar-refractivity contribution is -0.195. The van der Waals surface area contributed by atoms with E-state index in [9.17, 15) is 15.0 Å². The first kappa shape index (κ1) is 20.8. The van der Waals surface area contributed by atoms with Gasteiger partial charge in [-0.3, -0.25) is 9.69 Å². The highest BCUT2D eigenvalue weighted by Gasteiger charge is 2.73. The van der Waals surface area contributed by atoms with Gasteiger partial charge in [0.1, 0.15) is 6.10 Å². The number of hydrogen-bond donors (Lipinski definition) is 2. The van der Waals surface area contributed by atoms with Crippen LogP contribution in [0.1, 0.15) is 40.7 Å². The molecule has 6 nitrogen and oxygen atoms in total. The number of amides is 1. The average Bonchev–Trinajstić information content (AvgIpc) is 3.18. The van der Waals surface area contributed by atoms with Gasteiger partial charge in [0.15, 0.2) is 11.5 Å². The molecule has 1 spiro atoms. The number of aliphatic hydroxyl groups is 1. The van der Waals surface area contributed by atoms with Gasteiger partial charge < -0.3 is 19.8 Å². The minimum Gasteiger partial charge on any atom is -0.504 e. The van der Waals surface area contributed by atoms with E-state index < -0.39 is 17.1 Å². The van der Waals surface area contributed by atoms with Crippen molar-refractivity contribution in [1.29, 1.82) is 0 Å². The Morgan fingerprint density at radius 3 is 2.82 bits per heavy atom. The number of benzene rings is 2. The summed E-state index contributed by atoms with van der Waals surface area (Å²) < 4.78 is 6.55. The topological polar surface area (TPSA) is 73.2 Å². The molecule has 2 heterocycles. The number of nitrogens with zero attached hydrogens (tertiary/aromatic N) is 2. The van der Waals surface area contributed by atoms with Crippen LogP contribution in [0.2, 0.25) is 0 Å². The van der Waals surface area contributed by atoms with Crippen LogP contribution in [-0.4, -0.2) is 69.8 Å². The highest BCUT2D eigenvalue weighted by molar-refractivity contribution is 5.94. The molecule has 5 atom stereocenters. The molecule has 0 radical (unpaired) electrons. The van der Waals surface area contributed by atoms with Gasteiger partial charge in [-0.05, 0) is 56.0 Å². The van der Waals surface area contributed by atoms with Crippen LogP contribution in [0.4, 0.5) is 0 Å². The van der Waals surface area contributed by atoms with Crippen molar-refractivity contribution in [3.63, 3.8) is 0 Å². The van der Waals surface area contributed by atoms with E-state index in [4.69, 9.17) is 4.74 Å². The van der Waals surface area contributed by atoms with Gasteiger partial charge in [-0.1, -0.05) is 30.3 Å². The molecular formula is C27H30N2O4. The van der Waals surface area contributed by atoms with Crippen molar-refractivity contribution in [2.45, 2.75) is 54.9 Å². The van der Waals surface area contributed by atoms with E-state index in [0.717, 1.165) is 24.2 Å². The summed E-state index contributed by atoms with van der Waals surface area (Å²) in [6.45, 7) is 5.47. The number of aromatic hydroxyl groups is 1. The minimum absolute atomic E-state index is 0.0468. The van der Waals surface area contributed by atoms with Gasteiger partial charge in [-0.25, -0.2) is 0 Å². The second kappa shape index (κ2) is 7.08. The second-order valence-electron chi connectivity index (χ2n) is 10.0. The lowest BCUT2D eigenvalue weighted by atomic mass is 9.48. The summed E-state index contributed by atoms with van der Waals surface area (Å²) in [5, 5.41) is 23.1. The molecule has 1 saturated carbocycles. The van der Waals surface area contributed by atoms with Gasteiger partial charge in [-0.2, -0.15) is 0 Å². The van der Waals surface area contributed by atoms with Crippen LogP contribution in [0, 0.1) is 0 Å². The first-order chi connectivity index (χ1) is 15.9. The van der Waals surface area contributed by atoms with E-state index in [0.29, 0.717) is 37.0 Å². The molecule has 2 N–H and O–H groups in total. The van der Waals surface area contributed by atoms with Crippen molar-refractivity contribution in [2.75, 3.05) is 20.1 Å². The minimum atomic E-state index is -0.988. The Morgan fingerprint density at radius 1 is 1.27 bits per heavy atom. The number of phenols is 1. The molecule has 6 heteroatoms. The normalized spacial score (nSPS) is 33.7. The van der Waals surface area contributed by atoms with E-state index in [1.165, 1.54) is 0 Å². The van der Waals surface area contributed by atoms with Crippen LogP contribution in [0.5, 0.6) is 11.5 Å². The maximum atomic E-state index is 13.4. The summed E-state index contributed by atoms with van der Waals surface area (Å²) in [5.41, 5.74) is 1.10. The van der Waals surface area contributed by atoms with Crippen molar-refractivity contribution in [2.24, 2.45) is 0 Å². The van der Waals surface area contributed by atoms with Crippen molar-refractivity contribution in [3.8, 4) is 11.5 Å². The van der Waals surface area contributed by atoms with E-state index in [1.54, 1.807) is 11.0 Å². The third-order valence-corrected chi connectivity index (χ3v) is 8.74. The largest absolute Gasteiger partial charge is 0.504 e. The Bertz CT molecular complexity index is 1130.